The molecule has 5 N–H and O–H groups in total. The molecule has 0 unspecified atom stereocenters. The van der Waals surface area contributed by atoms with Gasteiger partial charge in [0.2, 0.25) is 17.7 Å². The van der Waals surface area contributed by atoms with Crippen LogP contribution in [0.3, 0.4) is 0 Å². The number of carbonyl (C=O) groups is 6. The van der Waals surface area contributed by atoms with Crippen molar-refractivity contribution < 1.29 is 51.4 Å². The molecule has 0 aliphatic rings. The van der Waals surface area contributed by atoms with Crippen molar-refractivity contribution in [3.63, 3.8) is 0 Å². The third-order valence-corrected chi connectivity index (χ3v) is 8.93. The lowest BCUT2D eigenvalue weighted by atomic mass is 9.99. The molecular formula is C42H57N5O11S. The van der Waals surface area contributed by atoms with Crippen LogP contribution in [0.4, 0.5) is 4.79 Å². The molecule has 0 saturated heterocycles. The lowest BCUT2D eigenvalue weighted by Gasteiger charge is -2.28. The summed E-state index contributed by atoms with van der Waals surface area (Å²) in [6.45, 7) is 13.1. The highest BCUT2D eigenvalue weighted by molar-refractivity contribution is 7.93. The molecule has 3 rings (SSSR count). The molecule has 0 bridgehead atoms. The van der Waals surface area contributed by atoms with Crippen LogP contribution in [-0.4, -0.2) is 90.8 Å². The molecule has 322 valence electrons. The van der Waals surface area contributed by atoms with E-state index in [1.807, 2.05) is 18.2 Å². The van der Waals surface area contributed by atoms with E-state index in [1.165, 1.54) is 0 Å². The van der Waals surface area contributed by atoms with Crippen molar-refractivity contribution in [2.75, 3.05) is 6.26 Å². The molecule has 4 amide bonds. The zero-order valence-electron chi connectivity index (χ0n) is 35.0. The topological polar surface area (TPSA) is 228 Å². The van der Waals surface area contributed by atoms with Crippen molar-refractivity contribution in [2.24, 2.45) is 5.92 Å². The summed E-state index contributed by atoms with van der Waals surface area (Å²) in [5.74, 6) is -4.52. The number of hydrogen-bond acceptors (Lipinski definition) is 11. The zero-order valence-corrected chi connectivity index (χ0v) is 35.9. The van der Waals surface area contributed by atoms with Gasteiger partial charge in [-0.15, -0.1) is 0 Å². The Morgan fingerprint density at radius 2 is 1.31 bits per heavy atom. The molecule has 1 aromatic heterocycles. The predicted molar refractivity (Wildman–Crippen MR) is 221 cm³/mol. The van der Waals surface area contributed by atoms with Crippen molar-refractivity contribution in [3.05, 3.63) is 83.4 Å². The van der Waals surface area contributed by atoms with Crippen molar-refractivity contribution in [2.45, 2.75) is 117 Å². The van der Waals surface area contributed by atoms with Gasteiger partial charge in [0.25, 0.3) is 0 Å². The van der Waals surface area contributed by atoms with E-state index >= 15 is 0 Å². The molecule has 0 saturated carbocycles. The molecule has 0 aliphatic heterocycles. The fourth-order valence-electron chi connectivity index (χ4n) is 5.70. The second kappa shape index (κ2) is 20.8. The number of amides is 4. The Labute approximate surface area is 345 Å². The van der Waals surface area contributed by atoms with E-state index in [-0.39, 0.29) is 13.0 Å². The molecule has 3 aromatic rings. The fraction of sp³-hybridized carbons (Fsp3) is 0.476. The number of esters is 2. The van der Waals surface area contributed by atoms with E-state index < -0.39 is 99.7 Å². The fourth-order valence-corrected chi connectivity index (χ4v) is 6.17. The van der Waals surface area contributed by atoms with Crippen LogP contribution in [0.1, 0.15) is 79.4 Å². The Bertz CT molecular complexity index is 2080. The highest BCUT2D eigenvalue weighted by atomic mass is 32.2. The molecule has 0 radical (unpaired) electrons. The first-order chi connectivity index (χ1) is 27.4. The van der Waals surface area contributed by atoms with Gasteiger partial charge < -0.3 is 40.5 Å². The Morgan fingerprint density at radius 3 is 1.90 bits per heavy atom. The summed E-state index contributed by atoms with van der Waals surface area (Å²) in [5, 5.41) is 12.0. The minimum absolute atomic E-state index is 0.0933. The molecule has 0 fully saturated rings. The number of sulfone groups is 1. The van der Waals surface area contributed by atoms with Gasteiger partial charge in [0.05, 0.1) is 18.9 Å². The number of fused-ring (bicyclic) bond motifs is 1. The van der Waals surface area contributed by atoms with Crippen LogP contribution < -0.4 is 21.3 Å². The molecule has 0 aliphatic carbocycles. The van der Waals surface area contributed by atoms with Crippen molar-refractivity contribution >= 4 is 56.5 Å². The van der Waals surface area contributed by atoms with Crippen molar-refractivity contribution in [1.29, 1.82) is 0 Å². The number of rotatable bonds is 18. The summed E-state index contributed by atoms with van der Waals surface area (Å²) in [6.07, 6.45) is 1.67. The summed E-state index contributed by atoms with van der Waals surface area (Å²) < 4.78 is 40.0. The van der Waals surface area contributed by atoms with Gasteiger partial charge in [-0.2, -0.15) is 0 Å². The maximum atomic E-state index is 14.3. The smallest absolute Gasteiger partial charge is 0.408 e. The average molecular weight is 840 g/mol. The SMILES string of the molecule is CC(C)[C@H](NC(=O)[C@H](Cc1c[nH]c2ccccc12)NC(=O)[C@H](CC(=O)OC(C)(C)C)NC(=O)OCc1ccccc1)C(=O)N[C@H](/C=C/S(C)(=O)=O)CC(=O)OC(C)(C)C. The Hall–Kier alpha value is -5.71. The number of benzene rings is 2. The lowest BCUT2D eigenvalue weighted by molar-refractivity contribution is -0.157. The monoisotopic (exact) mass is 839 g/mol. The quantitative estimate of drug-likeness (QED) is 0.0904. The second-order valence-electron chi connectivity index (χ2n) is 16.5. The number of aromatic nitrogens is 1. The Morgan fingerprint density at radius 1 is 0.729 bits per heavy atom. The zero-order chi connectivity index (χ0) is 44.1. The number of nitrogens with one attached hydrogen (secondary N) is 5. The normalized spacial score (nSPS) is 14.1. The highest BCUT2D eigenvalue weighted by Gasteiger charge is 2.34. The third-order valence-electron chi connectivity index (χ3n) is 8.28. The van der Waals surface area contributed by atoms with Gasteiger partial charge in [-0.25, -0.2) is 13.2 Å². The van der Waals surface area contributed by atoms with Gasteiger partial charge in [0.15, 0.2) is 9.84 Å². The van der Waals surface area contributed by atoms with Crippen LogP contribution in [0.2, 0.25) is 0 Å². The second-order valence-corrected chi connectivity index (χ2v) is 18.4. The standard InChI is InChI=1S/C42H57N5O11S/c1-26(2)36(39(52)44-29(19-20-59(9,54)55)22-34(48)57-41(3,4)5)47-38(51)32(21-28-24-43-31-18-14-13-17-30(28)31)45-37(50)33(23-35(49)58-42(6,7)8)46-40(53)56-25-27-15-11-10-12-16-27/h10-20,24,26,29,32-33,36,43H,21-23,25H2,1-9H3,(H,44,52)(H,45,50)(H,46,53)(H,47,51)/b20-19+/t29-,32+,33+,36+/m1/s1. The molecule has 16 nitrogen and oxygen atoms in total. The van der Waals surface area contributed by atoms with Crippen molar-refractivity contribution in [1.82, 2.24) is 26.3 Å². The number of H-pyrrole nitrogens is 1. The molecule has 2 aromatic carbocycles. The highest BCUT2D eigenvalue weighted by Crippen LogP contribution is 2.20. The number of para-hydroxylation sites is 1. The van der Waals surface area contributed by atoms with Crippen LogP contribution in [-0.2, 0) is 61.0 Å². The number of hydrogen-bond donors (Lipinski definition) is 5. The van der Waals surface area contributed by atoms with Gasteiger partial charge >= 0.3 is 18.0 Å². The first-order valence-corrected chi connectivity index (χ1v) is 21.1. The van der Waals surface area contributed by atoms with Crippen LogP contribution in [0.25, 0.3) is 10.9 Å². The van der Waals surface area contributed by atoms with Crippen LogP contribution >= 0.6 is 0 Å². The largest absolute Gasteiger partial charge is 0.460 e. The predicted octanol–water partition coefficient (Wildman–Crippen LogP) is 4.14. The number of carbonyl (C=O) groups excluding carboxylic acids is 6. The summed E-state index contributed by atoms with van der Waals surface area (Å²) >= 11 is 0. The van der Waals surface area contributed by atoms with E-state index in [2.05, 4.69) is 26.3 Å². The van der Waals surface area contributed by atoms with Gasteiger partial charge in [-0.05, 0) is 64.7 Å². The molecule has 17 heteroatoms. The number of ether oxygens (including phenoxy) is 3. The molecule has 1 heterocycles. The summed E-state index contributed by atoms with van der Waals surface area (Å²) in [6, 6.07) is 10.8. The van der Waals surface area contributed by atoms with E-state index in [1.54, 1.807) is 98.0 Å². The van der Waals surface area contributed by atoms with Crippen LogP contribution in [0.5, 0.6) is 0 Å². The van der Waals surface area contributed by atoms with Gasteiger partial charge in [0, 0.05) is 35.2 Å². The van der Waals surface area contributed by atoms with Crippen LogP contribution in [0, 0.1) is 5.92 Å². The van der Waals surface area contributed by atoms with Gasteiger partial charge in [-0.3, -0.25) is 24.0 Å². The van der Waals surface area contributed by atoms with E-state index in [0.717, 1.165) is 28.6 Å². The van der Waals surface area contributed by atoms with E-state index in [4.69, 9.17) is 14.2 Å². The first-order valence-electron chi connectivity index (χ1n) is 19.1. The Kier molecular flexibility index (Phi) is 16.8. The van der Waals surface area contributed by atoms with E-state index in [0.29, 0.717) is 11.1 Å². The van der Waals surface area contributed by atoms with Gasteiger partial charge in [-0.1, -0.05) is 68.5 Å². The summed E-state index contributed by atoms with van der Waals surface area (Å²) in [4.78, 5) is 84.0. The molecular weight excluding hydrogens is 783 g/mol. The maximum absolute atomic E-state index is 14.3. The molecule has 59 heavy (non-hydrogen) atoms. The number of alkyl carbamates (subject to hydrolysis) is 1. The molecule has 4 atom stereocenters. The lowest BCUT2D eigenvalue weighted by Crippen LogP contribution is -2.59. The number of aromatic amines is 1. The first kappa shape index (κ1) is 47.7. The minimum atomic E-state index is -3.65. The maximum Gasteiger partial charge on any atom is 0.408 e. The third kappa shape index (κ3) is 17.4. The average Bonchev–Trinajstić information content (AvgIpc) is 3.52. The van der Waals surface area contributed by atoms with Crippen molar-refractivity contribution in [3.8, 4) is 0 Å². The summed E-state index contributed by atoms with van der Waals surface area (Å²) in [7, 11) is -3.65. The van der Waals surface area contributed by atoms with Crippen LogP contribution in [0.15, 0.2) is 72.3 Å². The molecule has 0 spiro atoms. The van der Waals surface area contributed by atoms with Gasteiger partial charge in [0.1, 0.15) is 35.9 Å². The minimum Gasteiger partial charge on any atom is -0.460 e. The Balaban J connectivity index is 1.93. The van der Waals surface area contributed by atoms with E-state index in [9.17, 15) is 37.2 Å². The summed E-state index contributed by atoms with van der Waals surface area (Å²) in [5.41, 5.74) is 0.305.